The van der Waals surface area contributed by atoms with Crippen LogP contribution in [0, 0.1) is 0 Å². The number of pyridine rings is 1. The largest absolute Gasteiger partial charge is 0.493 e. The highest BCUT2D eigenvalue weighted by Crippen LogP contribution is 2.27. The number of benzene rings is 1. The summed E-state index contributed by atoms with van der Waals surface area (Å²) in [5.74, 6) is 1.43. The van der Waals surface area contributed by atoms with Gasteiger partial charge in [-0.25, -0.2) is 0 Å². The number of hydrogen-bond donors (Lipinski definition) is 0. The summed E-state index contributed by atoms with van der Waals surface area (Å²) in [4.78, 5) is 12.4. The van der Waals surface area contributed by atoms with Crippen LogP contribution in [0.25, 0.3) is 0 Å². The van der Waals surface area contributed by atoms with E-state index < -0.39 is 0 Å². The molecule has 2 aromatic rings. The summed E-state index contributed by atoms with van der Waals surface area (Å²) in [6.45, 7) is 2.80. The Labute approximate surface area is 137 Å². The minimum absolute atomic E-state index is 0.126. The van der Waals surface area contributed by atoms with Crippen LogP contribution in [0.15, 0.2) is 41.3 Å². The van der Waals surface area contributed by atoms with Gasteiger partial charge < -0.3 is 14.0 Å². The second-order valence-electron chi connectivity index (χ2n) is 5.57. The number of unbranched alkanes of at least 4 members (excludes halogenated alkanes) is 1. The lowest BCUT2D eigenvalue weighted by atomic mass is 10.1. The average Bonchev–Trinajstić information content (AvgIpc) is 2.59. The van der Waals surface area contributed by atoms with E-state index in [1.165, 1.54) is 0 Å². The SMILES string of the molecule is CCCCc1cccn(CCc2ccc(OC)c(OC)c2)c1=O. The molecule has 2 rings (SSSR count). The first kappa shape index (κ1) is 17.1. The van der Waals surface area contributed by atoms with Crippen molar-refractivity contribution in [1.29, 1.82) is 0 Å². The number of ether oxygens (including phenoxy) is 2. The van der Waals surface area contributed by atoms with Gasteiger partial charge in [0.1, 0.15) is 0 Å². The standard InChI is InChI=1S/C19H25NO3/c1-4-5-7-16-8-6-12-20(19(16)21)13-11-15-9-10-17(22-2)18(14-15)23-3/h6,8-10,12,14H,4-5,7,11,13H2,1-3H3. The molecule has 0 atom stereocenters. The molecule has 124 valence electrons. The second-order valence-corrected chi connectivity index (χ2v) is 5.57. The van der Waals surface area contributed by atoms with E-state index in [1.807, 2.05) is 36.5 Å². The molecule has 1 aromatic carbocycles. The highest BCUT2D eigenvalue weighted by Gasteiger charge is 2.06. The van der Waals surface area contributed by atoms with Crippen LogP contribution in [-0.2, 0) is 19.4 Å². The lowest BCUT2D eigenvalue weighted by Gasteiger charge is -2.11. The van der Waals surface area contributed by atoms with E-state index >= 15 is 0 Å². The van der Waals surface area contributed by atoms with Crippen LogP contribution in [0.4, 0.5) is 0 Å². The molecule has 0 radical (unpaired) electrons. The van der Waals surface area contributed by atoms with E-state index in [9.17, 15) is 4.79 Å². The smallest absolute Gasteiger partial charge is 0.253 e. The van der Waals surface area contributed by atoms with E-state index in [0.717, 1.165) is 42.6 Å². The van der Waals surface area contributed by atoms with Crippen molar-refractivity contribution in [2.45, 2.75) is 39.2 Å². The normalized spacial score (nSPS) is 10.6. The van der Waals surface area contributed by atoms with Gasteiger partial charge in [0.15, 0.2) is 11.5 Å². The summed E-state index contributed by atoms with van der Waals surface area (Å²) >= 11 is 0. The zero-order chi connectivity index (χ0) is 16.7. The summed E-state index contributed by atoms with van der Waals surface area (Å²) in [5.41, 5.74) is 2.15. The number of rotatable bonds is 8. The average molecular weight is 315 g/mol. The topological polar surface area (TPSA) is 40.5 Å². The Morgan fingerprint density at radius 2 is 1.83 bits per heavy atom. The molecular weight excluding hydrogens is 290 g/mol. The van der Waals surface area contributed by atoms with Gasteiger partial charge >= 0.3 is 0 Å². The molecule has 0 aliphatic rings. The van der Waals surface area contributed by atoms with Gasteiger partial charge in [0, 0.05) is 18.3 Å². The first-order chi connectivity index (χ1) is 11.2. The molecule has 0 saturated heterocycles. The summed E-state index contributed by atoms with van der Waals surface area (Å²) in [5, 5.41) is 0. The highest BCUT2D eigenvalue weighted by molar-refractivity contribution is 5.42. The fourth-order valence-corrected chi connectivity index (χ4v) is 2.61. The molecule has 0 saturated carbocycles. The summed E-state index contributed by atoms with van der Waals surface area (Å²) < 4.78 is 12.4. The van der Waals surface area contributed by atoms with Crippen LogP contribution in [0.3, 0.4) is 0 Å². The van der Waals surface area contributed by atoms with Gasteiger partial charge in [-0.15, -0.1) is 0 Å². The first-order valence-electron chi connectivity index (χ1n) is 8.08. The van der Waals surface area contributed by atoms with Gasteiger partial charge in [-0.1, -0.05) is 25.5 Å². The van der Waals surface area contributed by atoms with Crippen molar-refractivity contribution >= 4 is 0 Å². The lowest BCUT2D eigenvalue weighted by molar-refractivity contribution is 0.354. The minimum Gasteiger partial charge on any atom is -0.493 e. The van der Waals surface area contributed by atoms with Gasteiger partial charge in [0.2, 0.25) is 0 Å². The van der Waals surface area contributed by atoms with Crippen molar-refractivity contribution in [2.24, 2.45) is 0 Å². The van der Waals surface area contributed by atoms with E-state index in [4.69, 9.17) is 9.47 Å². The fraction of sp³-hybridized carbons (Fsp3) is 0.421. The highest BCUT2D eigenvalue weighted by atomic mass is 16.5. The van der Waals surface area contributed by atoms with Crippen molar-refractivity contribution in [1.82, 2.24) is 4.57 Å². The zero-order valence-electron chi connectivity index (χ0n) is 14.2. The van der Waals surface area contributed by atoms with E-state index in [-0.39, 0.29) is 5.56 Å². The third-order valence-electron chi connectivity index (χ3n) is 3.99. The Bertz CT molecular complexity index is 691. The van der Waals surface area contributed by atoms with Gasteiger partial charge in [-0.3, -0.25) is 4.79 Å². The number of aryl methyl sites for hydroxylation is 3. The molecular formula is C19H25NO3. The monoisotopic (exact) mass is 315 g/mol. The first-order valence-corrected chi connectivity index (χ1v) is 8.08. The van der Waals surface area contributed by atoms with Crippen molar-refractivity contribution < 1.29 is 9.47 Å². The van der Waals surface area contributed by atoms with Crippen molar-refractivity contribution in [3.05, 3.63) is 58.0 Å². The lowest BCUT2D eigenvalue weighted by Crippen LogP contribution is -2.23. The van der Waals surface area contributed by atoms with E-state index in [1.54, 1.807) is 18.8 Å². The molecule has 1 aromatic heterocycles. The third kappa shape index (κ3) is 4.38. The molecule has 0 spiro atoms. The molecule has 1 heterocycles. The summed E-state index contributed by atoms with van der Waals surface area (Å²) in [6.07, 6.45) is 5.64. The Hall–Kier alpha value is -2.23. The predicted octanol–water partition coefficient (Wildman–Crippen LogP) is 3.45. The molecule has 0 aliphatic carbocycles. The molecule has 4 nitrogen and oxygen atoms in total. The van der Waals surface area contributed by atoms with Crippen LogP contribution in [0.2, 0.25) is 0 Å². The second kappa shape index (κ2) is 8.42. The number of hydrogen-bond acceptors (Lipinski definition) is 3. The van der Waals surface area contributed by atoms with Crippen LogP contribution in [0.1, 0.15) is 30.9 Å². The molecule has 0 aliphatic heterocycles. The van der Waals surface area contributed by atoms with Gasteiger partial charge in [-0.2, -0.15) is 0 Å². The van der Waals surface area contributed by atoms with Gasteiger partial charge in [0.05, 0.1) is 14.2 Å². The minimum atomic E-state index is 0.126. The number of methoxy groups -OCH3 is 2. The van der Waals surface area contributed by atoms with Crippen molar-refractivity contribution in [3.63, 3.8) is 0 Å². The molecule has 0 fully saturated rings. The van der Waals surface area contributed by atoms with Gasteiger partial charge in [0.25, 0.3) is 5.56 Å². The predicted molar refractivity (Wildman–Crippen MR) is 92.6 cm³/mol. The van der Waals surface area contributed by atoms with Crippen molar-refractivity contribution in [2.75, 3.05) is 14.2 Å². The van der Waals surface area contributed by atoms with E-state index in [2.05, 4.69) is 6.92 Å². The van der Waals surface area contributed by atoms with Crippen LogP contribution >= 0.6 is 0 Å². The maximum atomic E-state index is 12.4. The van der Waals surface area contributed by atoms with E-state index in [0.29, 0.717) is 12.3 Å². The zero-order valence-corrected chi connectivity index (χ0v) is 14.2. The molecule has 0 unspecified atom stereocenters. The van der Waals surface area contributed by atoms with Crippen LogP contribution in [-0.4, -0.2) is 18.8 Å². The fourth-order valence-electron chi connectivity index (χ4n) is 2.61. The quantitative estimate of drug-likeness (QED) is 0.749. The molecule has 0 amide bonds. The molecule has 4 heteroatoms. The Kier molecular flexibility index (Phi) is 6.27. The molecule has 0 bridgehead atoms. The number of aromatic nitrogens is 1. The van der Waals surface area contributed by atoms with Crippen molar-refractivity contribution in [3.8, 4) is 11.5 Å². The van der Waals surface area contributed by atoms with Crippen LogP contribution in [0.5, 0.6) is 11.5 Å². The van der Waals surface area contributed by atoms with Gasteiger partial charge in [-0.05, 0) is 43.0 Å². The third-order valence-corrected chi connectivity index (χ3v) is 3.99. The maximum Gasteiger partial charge on any atom is 0.253 e. The Morgan fingerprint density at radius 3 is 2.52 bits per heavy atom. The maximum absolute atomic E-state index is 12.4. The Balaban J connectivity index is 2.10. The Morgan fingerprint density at radius 1 is 1.04 bits per heavy atom. The molecule has 0 N–H and O–H groups in total. The number of nitrogens with zero attached hydrogens (tertiary/aromatic N) is 1. The summed E-state index contributed by atoms with van der Waals surface area (Å²) in [7, 11) is 3.25. The summed E-state index contributed by atoms with van der Waals surface area (Å²) in [6, 6.07) is 9.76. The molecule has 23 heavy (non-hydrogen) atoms. The van der Waals surface area contributed by atoms with Crippen LogP contribution < -0.4 is 15.0 Å².